The first-order chi connectivity index (χ1) is 74.4. The molecule has 0 saturated carbocycles. The van der Waals surface area contributed by atoms with Crippen LogP contribution in [0.2, 0.25) is 0 Å². The Labute approximate surface area is 857 Å². The summed E-state index contributed by atoms with van der Waals surface area (Å²) < 4.78 is 25.9. The molecule has 0 bridgehead atoms. The van der Waals surface area contributed by atoms with E-state index in [2.05, 4.69) is 238 Å². The number of para-hydroxylation sites is 9. The van der Waals surface area contributed by atoms with Gasteiger partial charge in [-0.25, -0.2) is 59.8 Å². The van der Waals surface area contributed by atoms with Crippen molar-refractivity contribution in [3.8, 4) is 153 Å². The fourth-order valence-electron chi connectivity index (χ4n) is 21.0. The lowest BCUT2D eigenvalue weighted by Gasteiger charge is -2.13. The van der Waals surface area contributed by atoms with Gasteiger partial charge >= 0.3 is 0 Å². The maximum absolute atomic E-state index is 6.43. The monoisotopic (exact) mass is 1920 g/mol. The van der Waals surface area contributed by atoms with Crippen molar-refractivity contribution in [2.75, 3.05) is 0 Å². The van der Waals surface area contributed by atoms with Crippen LogP contribution in [0.1, 0.15) is 0 Å². The molecule has 702 valence electrons. The SMILES string of the molecule is c1ccc(-c2nc(-c3ccccc3)nc(-c3ccc(-n4c5ccccc5c5cc(-c6cccc7c6oc6ccccc67)ccc54)nc3)n2)cc1.c1ccc(-c2nc(-c3ccccc3)nc(-c3cccnc3-n3c4ccccc4c4cc(-c5cccc6c5oc5ccccc56)ccc43)n2)cc1.c1ccc(-c2nc(-c3ccccc3)nc(-c3ccnc(-n4c5ccccc5c5cc(-c6cccc7c6oc6ccccc67)ccc54)c3)n2)cc1. The Balaban J connectivity index is 0.000000108. The van der Waals surface area contributed by atoms with E-state index < -0.39 is 0 Å². The van der Waals surface area contributed by atoms with Crippen LogP contribution in [0, 0.1) is 0 Å². The quantitative estimate of drug-likeness (QED) is 0.0935. The maximum Gasteiger partial charge on any atom is 0.167 e. The van der Waals surface area contributed by atoms with Crippen LogP contribution >= 0.6 is 0 Å². The Bertz CT molecular complexity index is 10300. The summed E-state index contributed by atoms with van der Waals surface area (Å²) in [6.45, 7) is 0. The van der Waals surface area contributed by atoms with Gasteiger partial charge in [0.1, 0.15) is 51.0 Å². The van der Waals surface area contributed by atoms with Crippen LogP contribution < -0.4 is 0 Å². The van der Waals surface area contributed by atoms with Gasteiger partial charge in [-0.3, -0.25) is 13.7 Å². The number of pyridine rings is 3. The first-order valence-corrected chi connectivity index (χ1v) is 49.7. The molecule has 0 saturated heterocycles. The average molecular weight is 1930 g/mol. The predicted molar refractivity (Wildman–Crippen MR) is 603 cm³/mol. The summed E-state index contributed by atoms with van der Waals surface area (Å²) in [4.78, 5) is 59.3. The highest BCUT2D eigenvalue weighted by Crippen LogP contribution is 2.46. The van der Waals surface area contributed by atoms with Crippen LogP contribution in [0.5, 0.6) is 0 Å². The normalized spacial score (nSPS) is 11.6. The minimum absolute atomic E-state index is 0.555. The number of benzene rings is 18. The Hall–Kier alpha value is -20.8. The highest BCUT2D eigenvalue weighted by Gasteiger charge is 2.27. The highest BCUT2D eigenvalue weighted by molar-refractivity contribution is 6.18. The van der Waals surface area contributed by atoms with Crippen molar-refractivity contribution in [2.24, 2.45) is 0 Å². The van der Waals surface area contributed by atoms with Gasteiger partial charge < -0.3 is 13.3 Å². The van der Waals surface area contributed by atoms with Crippen LogP contribution in [0.25, 0.3) is 285 Å². The standard InChI is InChI=1S/3C44H27N5O/c1-3-13-28(14-4-1)41-46-42(29-15-5-2-6-16-29)48-43(47-41)35-21-12-26-45-44(35)49-37-22-9-7-17-32(37)36-27-30(24-25-38(36)49)31-19-11-20-34-33-18-8-10-23-39(33)50-40(31)34;1-3-12-28(13-4-1)42-46-43(29-14-5-2-6-15-29)48-44(47-42)31-23-25-40(45-27-31)49-37-20-9-7-16-33(37)36-26-30(22-24-38(36)49)32-18-11-19-35-34-17-8-10-21-39(34)50-41(32)35;1-3-12-28(13-4-1)42-46-43(29-14-5-2-6-15-29)48-44(47-42)31-24-25-45-40(27-31)49-37-20-9-7-16-33(37)36-26-30(22-23-38(36)49)32-18-11-19-35-34-17-8-10-21-39(34)50-41(32)35/h3*1-27H. The van der Waals surface area contributed by atoms with Crippen molar-refractivity contribution in [1.82, 2.24) is 73.5 Å². The summed E-state index contributed by atoms with van der Waals surface area (Å²) in [6.07, 6.45) is 5.51. The van der Waals surface area contributed by atoms with E-state index in [1.165, 1.54) is 0 Å². The Morgan fingerprint density at radius 2 is 0.440 bits per heavy atom. The van der Waals surface area contributed by atoms with Gasteiger partial charge in [-0.2, -0.15) is 0 Å². The van der Waals surface area contributed by atoms with E-state index in [9.17, 15) is 0 Å². The molecule has 0 aliphatic heterocycles. The lowest BCUT2D eigenvalue weighted by molar-refractivity contribution is 0.669. The van der Waals surface area contributed by atoms with E-state index >= 15 is 0 Å². The van der Waals surface area contributed by atoms with Gasteiger partial charge in [-0.1, -0.05) is 364 Å². The summed E-state index contributed by atoms with van der Waals surface area (Å²) in [5.74, 6) is 7.75. The molecule has 18 nitrogen and oxygen atoms in total. The molecule has 0 spiro atoms. The zero-order chi connectivity index (χ0) is 99.1. The van der Waals surface area contributed by atoms with Crippen LogP contribution in [-0.4, -0.2) is 73.5 Å². The second-order valence-electron chi connectivity index (χ2n) is 36.9. The maximum atomic E-state index is 6.43. The van der Waals surface area contributed by atoms with Crippen molar-refractivity contribution in [3.05, 3.63) is 492 Å². The molecule has 0 radical (unpaired) electrons. The van der Waals surface area contributed by atoms with Crippen molar-refractivity contribution in [3.63, 3.8) is 0 Å². The largest absolute Gasteiger partial charge is 0.455 e. The smallest absolute Gasteiger partial charge is 0.167 e. The molecule has 12 heterocycles. The molecule has 0 N–H and O–H groups in total. The molecule has 0 aliphatic rings. The fourth-order valence-corrected chi connectivity index (χ4v) is 21.0. The van der Waals surface area contributed by atoms with Crippen molar-refractivity contribution >= 4 is 131 Å². The van der Waals surface area contributed by atoms with Gasteiger partial charge in [0.15, 0.2) is 52.4 Å². The molecule has 0 atom stereocenters. The van der Waals surface area contributed by atoms with Crippen LogP contribution in [0.15, 0.2) is 505 Å². The fraction of sp³-hybridized carbons (Fsp3) is 0. The molecule has 0 fully saturated rings. The molecule has 18 aromatic carbocycles. The second kappa shape index (κ2) is 36.9. The summed E-state index contributed by atoms with van der Waals surface area (Å²) >= 11 is 0. The molecular formula is C132H81N15O3. The topological polar surface area (TPSA) is 209 Å². The molecule has 0 amide bonds. The first-order valence-electron chi connectivity index (χ1n) is 49.7. The third kappa shape index (κ3) is 15.5. The minimum atomic E-state index is 0.555. The Morgan fingerprint density at radius 1 is 0.153 bits per heavy atom. The van der Waals surface area contributed by atoms with Gasteiger partial charge in [0.25, 0.3) is 0 Å². The lowest BCUT2D eigenvalue weighted by Crippen LogP contribution is -2.05. The second-order valence-corrected chi connectivity index (χ2v) is 36.9. The Morgan fingerprint density at radius 3 is 0.807 bits per heavy atom. The molecule has 12 aromatic heterocycles. The van der Waals surface area contributed by atoms with Crippen molar-refractivity contribution in [1.29, 1.82) is 0 Å². The van der Waals surface area contributed by atoms with E-state index in [1.807, 2.05) is 267 Å². The molecule has 30 aromatic rings. The molecule has 150 heavy (non-hydrogen) atoms. The summed E-state index contributed by atoms with van der Waals surface area (Å²) in [6, 6.07) is 161. The third-order valence-corrected chi connectivity index (χ3v) is 28.0. The van der Waals surface area contributed by atoms with E-state index in [-0.39, 0.29) is 0 Å². The number of aromatic nitrogens is 15. The van der Waals surface area contributed by atoms with Crippen LogP contribution in [-0.2, 0) is 0 Å². The van der Waals surface area contributed by atoms with E-state index in [0.717, 1.165) is 232 Å². The number of hydrogen-bond donors (Lipinski definition) is 0. The van der Waals surface area contributed by atoms with Gasteiger partial charge in [0, 0.05) is 144 Å². The zero-order valence-electron chi connectivity index (χ0n) is 80.2. The van der Waals surface area contributed by atoms with Gasteiger partial charge in [0.05, 0.1) is 38.7 Å². The number of furan rings is 3. The van der Waals surface area contributed by atoms with Crippen molar-refractivity contribution in [2.45, 2.75) is 0 Å². The van der Waals surface area contributed by atoms with E-state index in [1.54, 1.807) is 0 Å². The molecular weight excluding hydrogens is 1840 g/mol. The zero-order valence-corrected chi connectivity index (χ0v) is 80.2. The molecule has 18 heteroatoms. The third-order valence-electron chi connectivity index (χ3n) is 28.0. The van der Waals surface area contributed by atoms with Gasteiger partial charge in [-0.05, 0) is 126 Å². The molecule has 30 rings (SSSR count). The van der Waals surface area contributed by atoms with Gasteiger partial charge in [-0.15, -0.1) is 0 Å². The number of nitrogens with zero attached hydrogens (tertiary/aromatic N) is 15. The number of rotatable bonds is 15. The molecule has 0 aliphatic carbocycles. The first kappa shape index (κ1) is 87.1. The summed E-state index contributed by atoms with van der Waals surface area (Å²) in [7, 11) is 0. The van der Waals surface area contributed by atoms with Crippen LogP contribution in [0.4, 0.5) is 0 Å². The van der Waals surface area contributed by atoms with Crippen LogP contribution in [0.3, 0.4) is 0 Å². The highest BCUT2D eigenvalue weighted by atomic mass is 16.3. The summed E-state index contributed by atoms with van der Waals surface area (Å²) in [5.41, 5.74) is 26.2. The average Bonchev–Trinajstić information content (AvgIpc) is 1.59. The van der Waals surface area contributed by atoms with E-state index in [4.69, 9.17) is 73.1 Å². The van der Waals surface area contributed by atoms with Gasteiger partial charge in [0.2, 0.25) is 0 Å². The Kier molecular flexibility index (Phi) is 21.4. The van der Waals surface area contributed by atoms with E-state index in [0.29, 0.717) is 52.4 Å². The van der Waals surface area contributed by atoms with Crippen molar-refractivity contribution < 1.29 is 13.3 Å². The predicted octanol–water partition coefficient (Wildman–Crippen LogP) is 32.8. The summed E-state index contributed by atoms with van der Waals surface area (Å²) in [5, 5.41) is 13.5. The molecule has 0 unspecified atom stereocenters. The number of fused-ring (bicyclic) bond motifs is 18. The lowest BCUT2D eigenvalue weighted by atomic mass is 10.0. The number of hydrogen-bond acceptors (Lipinski definition) is 15. The minimum Gasteiger partial charge on any atom is -0.455 e.